The van der Waals surface area contributed by atoms with Crippen LogP contribution in [0, 0.1) is 17.0 Å². The minimum absolute atomic E-state index is 0.0154. The maximum absolute atomic E-state index is 11.0. The number of hydrogen-bond donors (Lipinski definition) is 2. The van der Waals surface area contributed by atoms with Gasteiger partial charge in [-0.1, -0.05) is 30.3 Å². The van der Waals surface area contributed by atoms with E-state index in [-0.39, 0.29) is 12.3 Å². The molecule has 0 aliphatic carbocycles. The van der Waals surface area contributed by atoms with E-state index >= 15 is 0 Å². The van der Waals surface area contributed by atoms with Crippen LogP contribution in [0.4, 0.5) is 11.4 Å². The third kappa shape index (κ3) is 3.33. The minimum atomic E-state index is -0.397. The Morgan fingerprint density at radius 3 is 2.65 bits per heavy atom. The average molecular weight is 272 g/mol. The third-order valence-electron chi connectivity index (χ3n) is 3.01. The van der Waals surface area contributed by atoms with Gasteiger partial charge in [-0.3, -0.25) is 10.1 Å². The molecule has 0 atom stereocenters. The first-order valence-corrected chi connectivity index (χ1v) is 6.28. The van der Waals surface area contributed by atoms with Crippen molar-refractivity contribution in [3.63, 3.8) is 0 Å². The van der Waals surface area contributed by atoms with Gasteiger partial charge in [0.25, 0.3) is 5.69 Å². The van der Waals surface area contributed by atoms with Gasteiger partial charge in [0.2, 0.25) is 0 Å². The van der Waals surface area contributed by atoms with E-state index in [1.807, 2.05) is 31.2 Å². The zero-order valence-electron chi connectivity index (χ0n) is 11.2. The van der Waals surface area contributed by atoms with E-state index in [1.54, 1.807) is 12.1 Å². The van der Waals surface area contributed by atoms with Gasteiger partial charge in [-0.2, -0.15) is 0 Å². The van der Waals surface area contributed by atoms with Gasteiger partial charge in [0.1, 0.15) is 5.69 Å². The molecule has 0 fully saturated rings. The van der Waals surface area contributed by atoms with Crippen molar-refractivity contribution in [2.45, 2.75) is 20.1 Å². The number of nitro benzene ring substituents is 1. The molecule has 104 valence electrons. The summed E-state index contributed by atoms with van der Waals surface area (Å²) in [7, 11) is 0. The molecule has 0 unspecified atom stereocenters. The zero-order chi connectivity index (χ0) is 14.5. The predicted molar refractivity (Wildman–Crippen MR) is 77.5 cm³/mol. The average Bonchev–Trinajstić information content (AvgIpc) is 2.45. The highest BCUT2D eigenvalue weighted by Gasteiger charge is 2.12. The van der Waals surface area contributed by atoms with Crippen LogP contribution in [0.3, 0.4) is 0 Å². The summed E-state index contributed by atoms with van der Waals surface area (Å²) in [6, 6.07) is 12.4. The summed E-state index contributed by atoms with van der Waals surface area (Å²) in [5, 5.41) is 23.1. The Bertz CT molecular complexity index is 626. The minimum Gasteiger partial charge on any atom is -0.392 e. The molecule has 0 aromatic heterocycles. The van der Waals surface area contributed by atoms with E-state index < -0.39 is 4.92 Å². The summed E-state index contributed by atoms with van der Waals surface area (Å²) in [5.74, 6) is 0. The van der Waals surface area contributed by atoms with Gasteiger partial charge >= 0.3 is 0 Å². The number of anilines is 1. The van der Waals surface area contributed by atoms with Crippen LogP contribution in [0.15, 0.2) is 42.5 Å². The van der Waals surface area contributed by atoms with Crippen LogP contribution >= 0.6 is 0 Å². The lowest BCUT2D eigenvalue weighted by atomic mass is 10.1. The molecule has 0 spiro atoms. The first kappa shape index (κ1) is 14.0. The Hall–Kier alpha value is -2.40. The highest BCUT2D eigenvalue weighted by atomic mass is 16.6. The summed E-state index contributed by atoms with van der Waals surface area (Å²) in [6.45, 7) is 2.35. The molecule has 0 heterocycles. The number of benzene rings is 2. The van der Waals surface area contributed by atoms with Crippen molar-refractivity contribution in [1.82, 2.24) is 0 Å². The number of aliphatic hydroxyl groups is 1. The molecule has 5 nitrogen and oxygen atoms in total. The van der Waals surface area contributed by atoms with Crippen LogP contribution in [0.1, 0.15) is 16.7 Å². The monoisotopic (exact) mass is 272 g/mol. The summed E-state index contributed by atoms with van der Waals surface area (Å²) < 4.78 is 0. The number of nitrogens with zero attached hydrogens (tertiary/aromatic N) is 1. The molecule has 20 heavy (non-hydrogen) atoms. The Balaban J connectivity index is 2.17. The molecule has 2 aromatic rings. The van der Waals surface area contributed by atoms with E-state index in [2.05, 4.69) is 5.32 Å². The van der Waals surface area contributed by atoms with E-state index in [1.165, 1.54) is 6.07 Å². The predicted octanol–water partition coefficient (Wildman–Crippen LogP) is 3.01. The molecule has 2 aromatic carbocycles. The summed E-state index contributed by atoms with van der Waals surface area (Å²) >= 11 is 0. The molecule has 5 heteroatoms. The molecule has 0 amide bonds. The van der Waals surface area contributed by atoms with E-state index in [0.29, 0.717) is 12.2 Å². The molecule has 0 aliphatic heterocycles. The van der Waals surface area contributed by atoms with Crippen LogP contribution in [0.5, 0.6) is 0 Å². The Morgan fingerprint density at radius 2 is 1.95 bits per heavy atom. The zero-order valence-corrected chi connectivity index (χ0v) is 11.2. The van der Waals surface area contributed by atoms with Crippen LogP contribution in [-0.2, 0) is 13.2 Å². The smallest absolute Gasteiger partial charge is 0.292 e. The van der Waals surface area contributed by atoms with Crippen molar-refractivity contribution in [3.05, 3.63) is 69.3 Å². The maximum atomic E-state index is 11.0. The lowest BCUT2D eigenvalue weighted by Gasteiger charge is -2.09. The third-order valence-corrected chi connectivity index (χ3v) is 3.01. The van der Waals surface area contributed by atoms with E-state index in [9.17, 15) is 10.1 Å². The molecule has 2 N–H and O–H groups in total. The van der Waals surface area contributed by atoms with Gasteiger partial charge < -0.3 is 10.4 Å². The van der Waals surface area contributed by atoms with Gasteiger partial charge in [0.05, 0.1) is 11.5 Å². The van der Waals surface area contributed by atoms with Gasteiger partial charge in [-0.25, -0.2) is 0 Å². The van der Waals surface area contributed by atoms with Gasteiger partial charge in [-0.05, 0) is 29.7 Å². The number of nitro groups is 1. The normalized spacial score (nSPS) is 10.3. The SMILES string of the molecule is Cc1ccc([N+](=O)[O-])c(NCc2cccc(CO)c2)c1. The van der Waals surface area contributed by atoms with Crippen molar-refractivity contribution < 1.29 is 10.0 Å². The lowest BCUT2D eigenvalue weighted by Crippen LogP contribution is -2.03. The van der Waals surface area contributed by atoms with Crippen molar-refractivity contribution in [2.75, 3.05) is 5.32 Å². The molecule has 0 radical (unpaired) electrons. The molecule has 0 saturated carbocycles. The number of nitrogens with one attached hydrogen (secondary N) is 1. The Morgan fingerprint density at radius 1 is 1.20 bits per heavy atom. The fourth-order valence-electron chi connectivity index (χ4n) is 1.99. The van der Waals surface area contributed by atoms with Crippen LogP contribution < -0.4 is 5.32 Å². The molecule has 0 aliphatic rings. The Labute approximate surface area is 117 Å². The fourth-order valence-corrected chi connectivity index (χ4v) is 1.99. The lowest BCUT2D eigenvalue weighted by molar-refractivity contribution is -0.384. The first-order valence-electron chi connectivity index (χ1n) is 6.28. The molecule has 0 saturated heterocycles. The number of aryl methyl sites for hydroxylation is 1. The highest BCUT2D eigenvalue weighted by molar-refractivity contribution is 5.62. The summed E-state index contributed by atoms with van der Waals surface area (Å²) in [5.41, 5.74) is 3.32. The van der Waals surface area contributed by atoms with Crippen molar-refractivity contribution in [3.8, 4) is 0 Å². The largest absolute Gasteiger partial charge is 0.392 e. The second-order valence-electron chi connectivity index (χ2n) is 4.61. The Kier molecular flexibility index (Phi) is 4.32. The van der Waals surface area contributed by atoms with Crippen molar-refractivity contribution >= 4 is 11.4 Å². The molecule has 0 bridgehead atoms. The van der Waals surface area contributed by atoms with Crippen LogP contribution in [0.2, 0.25) is 0 Å². The molecular weight excluding hydrogens is 256 g/mol. The van der Waals surface area contributed by atoms with Gasteiger partial charge in [-0.15, -0.1) is 0 Å². The summed E-state index contributed by atoms with van der Waals surface area (Å²) in [6.07, 6.45) is 0. The van der Waals surface area contributed by atoms with Gasteiger partial charge in [0.15, 0.2) is 0 Å². The van der Waals surface area contributed by atoms with Crippen LogP contribution in [0.25, 0.3) is 0 Å². The topological polar surface area (TPSA) is 75.4 Å². The van der Waals surface area contributed by atoms with E-state index in [4.69, 9.17) is 5.11 Å². The molecule has 2 rings (SSSR count). The number of rotatable bonds is 5. The van der Waals surface area contributed by atoms with Crippen molar-refractivity contribution in [2.24, 2.45) is 0 Å². The standard InChI is InChI=1S/C15H16N2O3/c1-11-5-6-15(17(19)20)14(7-11)16-9-12-3-2-4-13(8-12)10-18/h2-8,16,18H,9-10H2,1H3. The molecular formula is C15H16N2O3. The van der Waals surface area contributed by atoms with E-state index in [0.717, 1.165) is 16.7 Å². The second-order valence-corrected chi connectivity index (χ2v) is 4.61. The fraction of sp³-hybridized carbons (Fsp3) is 0.200. The second kappa shape index (κ2) is 6.16. The quantitative estimate of drug-likeness (QED) is 0.648. The highest BCUT2D eigenvalue weighted by Crippen LogP contribution is 2.25. The van der Waals surface area contributed by atoms with Gasteiger partial charge in [0, 0.05) is 12.6 Å². The maximum Gasteiger partial charge on any atom is 0.292 e. The van der Waals surface area contributed by atoms with Crippen LogP contribution in [-0.4, -0.2) is 10.0 Å². The van der Waals surface area contributed by atoms with Crippen molar-refractivity contribution in [1.29, 1.82) is 0 Å². The number of aliphatic hydroxyl groups excluding tert-OH is 1. The number of hydrogen-bond acceptors (Lipinski definition) is 4. The first-order chi connectivity index (χ1) is 9.60. The summed E-state index contributed by atoms with van der Waals surface area (Å²) in [4.78, 5) is 10.6.